The number of aromatic nitrogens is 3. The summed E-state index contributed by atoms with van der Waals surface area (Å²) in [6, 6.07) is 4.16. The predicted molar refractivity (Wildman–Crippen MR) is 93.3 cm³/mol. The average Bonchev–Trinajstić information content (AvgIpc) is 3.00. The number of nitrogens with one attached hydrogen (secondary N) is 2. The maximum atomic E-state index is 4.58. The second-order valence-corrected chi connectivity index (χ2v) is 6.29. The highest BCUT2D eigenvalue weighted by molar-refractivity contribution is 7.26. The number of thiophene rings is 1. The maximum Gasteiger partial charge on any atom is 0.165 e. The molecule has 0 radical (unpaired) electrons. The highest BCUT2D eigenvalue weighted by atomic mass is 32.1. The summed E-state index contributed by atoms with van der Waals surface area (Å²) < 4.78 is 1.18. The molecule has 0 spiro atoms. The van der Waals surface area contributed by atoms with Crippen molar-refractivity contribution in [2.45, 2.75) is 41.0 Å². The van der Waals surface area contributed by atoms with Crippen LogP contribution < -0.4 is 5.32 Å². The van der Waals surface area contributed by atoms with Crippen LogP contribution in [0.1, 0.15) is 39.8 Å². The molecule has 0 amide bonds. The fourth-order valence-electron chi connectivity index (χ4n) is 2.11. The third-order valence-corrected chi connectivity index (χ3v) is 4.31. The minimum Gasteiger partial charge on any atom is -0.367 e. The topological polar surface area (TPSA) is 53.6 Å². The normalized spacial score (nSPS) is 11.0. The molecule has 0 aliphatic rings. The molecule has 0 aromatic carbocycles. The molecule has 0 atom stereocenters. The lowest BCUT2D eigenvalue weighted by Crippen LogP contribution is -2.04. The van der Waals surface area contributed by atoms with Crippen LogP contribution in [0.4, 0.5) is 5.82 Å². The number of aromatic amines is 1. The van der Waals surface area contributed by atoms with Crippen molar-refractivity contribution in [3.63, 3.8) is 0 Å². The highest BCUT2D eigenvalue weighted by Gasteiger charge is 2.13. The van der Waals surface area contributed by atoms with Crippen LogP contribution in [0.3, 0.4) is 0 Å². The van der Waals surface area contributed by atoms with Crippen molar-refractivity contribution in [2.24, 2.45) is 5.92 Å². The molecule has 0 unspecified atom stereocenters. The van der Waals surface area contributed by atoms with Crippen LogP contribution in [-0.4, -0.2) is 21.7 Å². The summed E-state index contributed by atoms with van der Waals surface area (Å²) in [5.74, 6) is 1.66. The van der Waals surface area contributed by atoms with Crippen LogP contribution >= 0.6 is 11.3 Å². The number of aryl methyl sites for hydroxylation is 1. The quantitative estimate of drug-likeness (QED) is 0.716. The lowest BCUT2D eigenvalue weighted by molar-refractivity contribution is 0.607. The highest BCUT2D eigenvalue weighted by Crippen LogP contribution is 2.35. The Kier molecular flexibility index (Phi) is 5.17. The first-order chi connectivity index (χ1) is 10.1. The van der Waals surface area contributed by atoms with Gasteiger partial charge in [-0.25, -0.2) is 4.98 Å². The van der Waals surface area contributed by atoms with Gasteiger partial charge in [0.25, 0.3) is 0 Å². The van der Waals surface area contributed by atoms with Crippen molar-refractivity contribution in [3.8, 4) is 0 Å². The molecule has 0 bridgehead atoms. The Morgan fingerprint density at radius 2 is 2.05 bits per heavy atom. The van der Waals surface area contributed by atoms with E-state index >= 15 is 0 Å². The predicted octanol–water partition coefficient (Wildman–Crippen LogP) is 4.97. The molecule has 114 valence electrons. The van der Waals surface area contributed by atoms with Crippen LogP contribution in [-0.2, 0) is 0 Å². The fourth-order valence-corrected chi connectivity index (χ4v) is 3.25. The molecule has 3 aromatic heterocycles. The SMILES string of the molecule is CC.Cc1ccc2c(n1)sc1c(NCCC(C)C)n[nH]c12. The van der Waals surface area contributed by atoms with Crippen molar-refractivity contribution in [2.75, 3.05) is 11.9 Å². The number of nitrogens with zero attached hydrogens (tertiary/aromatic N) is 2. The molecule has 3 aromatic rings. The number of hydrogen-bond acceptors (Lipinski definition) is 4. The van der Waals surface area contributed by atoms with Gasteiger partial charge in [0.15, 0.2) is 5.82 Å². The van der Waals surface area contributed by atoms with Crippen molar-refractivity contribution in [3.05, 3.63) is 17.8 Å². The zero-order chi connectivity index (χ0) is 15.4. The summed E-state index contributed by atoms with van der Waals surface area (Å²) in [7, 11) is 0. The van der Waals surface area contributed by atoms with Gasteiger partial charge in [0.05, 0.1) is 10.2 Å². The van der Waals surface area contributed by atoms with E-state index < -0.39 is 0 Å². The number of pyridine rings is 1. The summed E-state index contributed by atoms with van der Waals surface area (Å²) >= 11 is 1.70. The molecular weight excluding hydrogens is 280 g/mol. The first-order valence-electron chi connectivity index (χ1n) is 7.63. The van der Waals surface area contributed by atoms with Crippen LogP contribution in [0.5, 0.6) is 0 Å². The molecule has 0 aliphatic heterocycles. The van der Waals surface area contributed by atoms with Gasteiger partial charge < -0.3 is 5.32 Å². The second-order valence-electron chi connectivity index (χ2n) is 5.29. The van der Waals surface area contributed by atoms with E-state index in [0.717, 1.165) is 40.2 Å². The van der Waals surface area contributed by atoms with Crippen molar-refractivity contribution < 1.29 is 0 Å². The van der Waals surface area contributed by atoms with E-state index in [-0.39, 0.29) is 0 Å². The number of anilines is 1. The summed E-state index contributed by atoms with van der Waals surface area (Å²) in [6.45, 7) is 11.4. The number of fused-ring (bicyclic) bond motifs is 3. The number of H-pyrrole nitrogens is 1. The molecule has 4 nitrogen and oxygen atoms in total. The minimum atomic E-state index is 0.702. The van der Waals surface area contributed by atoms with Gasteiger partial charge in [-0.05, 0) is 31.4 Å². The number of hydrogen-bond donors (Lipinski definition) is 2. The van der Waals surface area contributed by atoms with E-state index in [4.69, 9.17) is 0 Å². The molecule has 2 N–H and O–H groups in total. The fraction of sp³-hybridized carbons (Fsp3) is 0.500. The Morgan fingerprint density at radius 1 is 1.29 bits per heavy atom. The molecular formula is C16H24N4S. The van der Waals surface area contributed by atoms with E-state index in [1.165, 1.54) is 4.70 Å². The molecule has 0 fully saturated rings. The molecule has 21 heavy (non-hydrogen) atoms. The molecule has 3 heterocycles. The average molecular weight is 304 g/mol. The van der Waals surface area contributed by atoms with E-state index in [1.807, 2.05) is 26.8 Å². The minimum absolute atomic E-state index is 0.702. The zero-order valence-electron chi connectivity index (χ0n) is 13.4. The van der Waals surface area contributed by atoms with Gasteiger partial charge in [-0.3, -0.25) is 5.10 Å². The van der Waals surface area contributed by atoms with E-state index in [1.54, 1.807) is 11.3 Å². The monoisotopic (exact) mass is 304 g/mol. The zero-order valence-corrected chi connectivity index (χ0v) is 14.3. The summed E-state index contributed by atoms with van der Waals surface area (Å²) in [4.78, 5) is 5.66. The lowest BCUT2D eigenvalue weighted by atomic mass is 10.1. The van der Waals surface area contributed by atoms with Gasteiger partial charge in [0.2, 0.25) is 0 Å². The molecule has 3 rings (SSSR count). The Bertz CT molecular complexity index is 712. The number of rotatable bonds is 4. The smallest absolute Gasteiger partial charge is 0.165 e. The Morgan fingerprint density at radius 3 is 2.76 bits per heavy atom. The largest absolute Gasteiger partial charge is 0.367 e. The Hall–Kier alpha value is -1.62. The lowest BCUT2D eigenvalue weighted by Gasteiger charge is -2.04. The summed E-state index contributed by atoms with van der Waals surface area (Å²) in [5, 5.41) is 12.1. The van der Waals surface area contributed by atoms with Gasteiger partial charge in [0.1, 0.15) is 4.83 Å². The van der Waals surface area contributed by atoms with Crippen molar-refractivity contribution in [1.29, 1.82) is 0 Å². The Balaban J connectivity index is 0.000000774. The van der Waals surface area contributed by atoms with Gasteiger partial charge in [-0.15, -0.1) is 11.3 Å². The van der Waals surface area contributed by atoms with E-state index in [0.29, 0.717) is 5.92 Å². The summed E-state index contributed by atoms with van der Waals surface area (Å²) in [5.41, 5.74) is 2.15. The van der Waals surface area contributed by atoms with Crippen molar-refractivity contribution >= 4 is 37.6 Å². The van der Waals surface area contributed by atoms with Crippen molar-refractivity contribution in [1.82, 2.24) is 15.2 Å². The third kappa shape index (κ3) is 3.35. The van der Waals surface area contributed by atoms with Crippen LogP contribution in [0.2, 0.25) is 0 Å². The Labute approximate surface area is 130 Å². The first-order valence-corrected chi connectivity index (χ1v) is 8.45. The molecule has 0 aliphatic carbocycles. The molecule has 5 heteroatoms. The molecule has 0 saturated heterocycles. The van der Waals surface area contributed by atoms with Crippen LogP contribution in [0.15, 0.2) is 12.1 Å². The van der Waals surface area contributed by atoms with Gasteiger partial charge in [0, 0.05) is 17.6 Å². The first kappa shape index (κ1) is 15.8. The van der Waals surface area contributed by atoms with E-state index in [2.05, 4.69) is 40.4 Å². The summed E-state index contributed by atoms with van der Waals surface area (Å²) in [6.07, 6.45) is 1.15. The molecule has 0 saturated carbocycles. The third-order valence-electron chi connectivity index (χ3n) is 3.20. The van der Waals surface area contributed by atoms with Crippen LogP contribution in [0.25, 0.3) is 20.4 Å². The maximum absolute atomic E-state index is 4.58. The van der Waals surface area contributed by atoms with Gasteiger partial charge >= 0.3 is 0 Å². The van der Waals surface area contributed by atoms with Gasteiger partial charge in [-0.2, -0.15) is 5.10 Å². The second kappa shape index (κ2) is 6.89. The van der Waals surface area contributed by atoms with Crippen LogP contribution in [0, 0.1) is 12.8 Å². The van der Waals surface area contributed by atoms with Gasteiger partial charge in [-0.1, -0.05) is 27.7 Å². The van der Waals surface area contributed by atoms with E-state index in [9.17, 15) is 0 Å². The standard InChI is InChI=1S/C14H18N4S.C2H6/c1-8(2)6-7-15-13-12-11(17-18-13)10-5-4-9(3)16-14(10)19-12;1-2/h4-5,8H,6-7H2,1-3H3,(H2,15,17,18);1-2H3.